The van der Waals surface area contributed by atoms with Crippen LogP contribution >= 0.6 is 0 Å². The average molecular weight is 251 g/mol. The van der Waals surface area contributed by atoms with E-state index in [1.807, 2.05) is 0 Å². The Morgan fingerprint density at radius 2 is 1.88 bits per heavy atom. The predicted octanol–water partition coefficient (Wildman–Crippen LogP) is 2.01. The maximum Gasteiger partial charge on any atom is 0.296 e. The van der Waals surface area contributed by atoms with E-state index >= 15 is 0 Å². The third kappa shape index (κ3) is 3.74. The summed E-state index contributed by atoms with van der Waals surface area (Å²) in [6.07, 6.45) is 0. The molecule has 0 rings (SSSR count). The van der Waals surface area contributed by atoms with E-state index in [0.29, 0.717) is 0 Å². The van der Waals surface area contributed by atoms with Gasteiger partial charge in [-0.2, -0.15) is 8.78 Å². The van der Waals surface area contributed by atoms with Gasteiger partial charge in [0.2, 0.25) is 0 Å². The number of amides is 1. The van der Waals surface area contributed by atoms with Gasteiger partial charge in [0.15, 0.2) is 0 Å². The summed E-state index contributed by atoms with van der Waals surface area (Å²) >= 11 is 0. The fraction of sp³-hybridized carbons (Fsp3) is 0.727. The lowest BCUT2D eigenvalue weighted by Gasteiger charge is -2.34. The molecular formula is C11H19F2NO3. The van der Waals surface area contributed by atoms with E-state index in [9.17, 15) is 13.6 Å². The summed E-state index contributed by atoms with van der Waals surface area (Å²) in [5.74, 6) is -3.75. The molecule has 0 aliphatic heterocycles. The molecule has 4 nitrogen and oxygen atoms in total. The molecule has 6 heteroatoms. The number of hydroxylamine groups is 2. The van der Waals surface area contributed by atoms with Crippen LogP contribution < -0.4 is 0 Å². The minimum atomic E-state index is -3.21. The van der Waals surface area contributed by atoms with Gasteiger partial charge in [-0.1, -0.05) is 6.58 Å². The van der Waals surface area contributed by atoms with Crippen LogP contribution in [-0.4, -0.2) is 43.3 Å². The zero-order valence-electron chi connectivity index (χ0n) is 10.8. The van der Waals surface area contributed by atoms with Crippen molar-refractivity contribution in [2.75, 3.05) is 20.8 Å². The van der Waals surface area contributed by atoms with E-state index in [0.717, 1.165) is 5.06 Å². The van der Waals surface area contributed by atoms with Gasteiger partial charge >= 0.3 is 0 Å². The van der Waals surface area contributed by atoms with Crippen molar-refractivity contribution >= 4 is 5.91 Å². The molecule has 100 valence electrons. The molecule has 0 aliphatic rings. The van der Waals surface area contributed by atoms with Crippen molar-refractivity contribution in [3.05, 3.63) is 12.2 Å². The van der Waals surface area contributed by atoms with E-state index in [1.165, 1.54) is 34.9 Å². The number of carbonyl (C=O) groups is 1. The summed E-state index contributed by atoms with van der Waals surface area (Å²) < 4.78 is 32.3. The molecule has 0 spiro atoms. The van der Waals surface area contributed by atoms with E-state index in [4.69, 9.17) is 4.74 Å². The third-order valence-corrected chi connectivity index (χ3v) is 2.47. The Morgan fingerprint density at radius 3 is 2.24 bits per heavy atom. The van der Waals surface area contributed by atoms with Crippen LogP contribution in [0.3, 0.4) is 0 Å². The summed E-state index contributed by atoms with van der Waals surface area (Å²) in [4.78, 5) is 15.9. The van der Waals surface area contributed by atoms with Crippen molar-refractivity contribution in [3.8, 4) is 0 Å². The highest BCUT2D eigenvalue weighted by Gasteiger charge is 2.48. The van der Waals surface area contributed by atoms with Crippen LogP contribution in [0.4, 0.5) is 8.78 Å². The number of alkyl halides is 2. The smallest absolute Gasteiger partial charge is 0.296 e. The van der Waals surface area contributed by atoms with Gasteiger partial charge in [0.05, 0.1) is 7.11 Å². The van der Waals surface area contributed by atoms with Gasteiger partial charge < -0.3 is 4.74 Å². The maximum absolute atomic E-state index is 13.7. The normalized spacial score (nSPS) is 12.4. The van der Waals surface area contributed by atoms with E-state index in [-0.39, 0.29) is 5.57 Å². The van der Waals surface area contributed by atoms with Crippen LogP contribution in [0, 0.1) is 0 Å². The Balaban J connectivity index is 4.57. The number of hydrogen-bond donors (Lipinski definition) is 0. The minimum absolute atomic E-state index is 0.310. The molecule has 0 fully saturated rings. The first-order valence-corrected chi connectivity index (χ1v) is 5.04. The van der Waals surface area contributed by atoms with Crippen molar-refractivity contribution < 1.29 is 23.1 Å². The highest BCUT2D eigenvalue weighted by molar-refractivity contribution is 5.76. The van der Waals surface area contributed by atoms with Crippen molar-refractivity contribution in [1.29, 1.82) is 0 Å². The Hall–Kier alpha value is -1.01. The van der Waals surface area contributed by atoms with Crippen molar-refractivity contribution in [2.24, 2.45) is 0 Å². The maximum atomic E-state index is 13.7. The highest BCUT2D eigenvalue weighted by Crippen LogP contribution is 2.36. The Labute approximate surface area is 100 Å². The summed E-state index contributed by atoms with van der Waals surface area (Å²) in [6.45, 7) is 6.37. The Kier molecular flexibility index (Phi) is 5.22. The molecule has 0 bridgehead atoms. The molecule has 0 aromatic heterocycles. The van der Waals surface area contributed by atoms with E-state index < -0.39 is 24.0 Å². The number of halogens is 2. The topological polar surface area (TPSA) is 38.8 Å². The molecule has 0 saturated carbocycles. The molecular weight excluding hydrogens is 232 g/mol. The summed E-state index contributed by atoms with van der Waals surface area (Å²) in [6, 6.07) is 0. The van der Waals surface area contributed by atoms with Gasteiger partial charge in [-0.25, -0.2) is 5.06 Å². The molecule has 1 amide bonds. The Morgan fingerprint density at radius 1 is 1.41 bits per heavy atom. The molecule has 0 aromatic rings. The van der Waals surface area contributed by atoms with Gasteiger partial charge in [0.1, 0.15) is 12.2 Å². The van der Waals surface area contributed by atoms with Gasteiger partial charge in [-0.15, -0.1) is 0 Å². The summed E-state index contributed by atoms with van der Waals surface area (Å²) in [7, 11) is 2.67. The number of rotatable bonds is 6. The lowest BCUT2D eigenvalue weighted by molar-refractivity contribution is -0.196. The average Bonchev–Trinajstić information content (AvgIpc) is 2.24. The van der Waals surface area contributed by atoms with Gasteiger partial charge in [0, 0.05) is 7.05 Å². The lowest BCUT2D eigenvalue weighted by atomic mass is 9.95. The van der Waals surface area contributed by atoms with Crippen molar-refractivity contribution in [2.45, 2.75) is 32.3 Å². The van der Waals surface area contributed by atoms with Crippen LogP contribution in [0.25, 0.3) is 0 Å². The quantitative estimate of drug-likeness (QED) is 0.535. The first-order chi connectivity index (χ1) is 7.56. The van der Waals surface area contributed by atoms with Crippen LogP contribution in [-0.2, 0) is 14.4 Å². The first kappa shape index (κ1) is 16.0. The fourth-order valence-corrected chi connectivity index (χ4v) is 1.04. The predicted molar refractivity (Wildman–Crippen MR) is 59.6 cm³/mol. The van der Waals surface area contributed by atoms with Crippen LogP contribution in [0.2, 0.25) is 0 Å². The number of carbonyl (C=O) groups excluding carboxylic acids is 1. The van der Waals surface area contributed by atoms with Crippen molar-refractivity contribution in [1.82, 2.24) is 5.06 Å². The molecule has 0 N–H and O–H groups in total. The molecule has 0 aliphatic carbocycles. The standard InChI is InChI=1S/C11H19F2NO3/c1-8(2)11(12,13)10(3,4)17-7-9(15)14(5)16-6/h1,7H2,2-6H3. The largest absolute Gasteiger partial charge is 0.359 e. The Bertz CT molecular complexity index is 303. The van der Waals surface area contributed by atoms with Crippen LogP contribution in [0.1, 0.15) is 20.8 Å². The van der Waals surface area contributed by atoms with Crippen LogP contribution in [0.15, 0.2) is 12.2 Å². The molecule has 0 unspecified atom stereocenters. The fourth-order valence-electron chi connectivity index (χ4n) is 1.04. The second kappa shape index (κ2) is 5.55. The van der Waals surface area contributed by atoms with E-state index in [1.54, 1.807) is 0 Å². The van der Waals surface area contributed by atoms with Gasteiger partial charge in [-0.3, -0.25) is 9.63 Å². The number of likely N-dealkylation sites (N-methyl/N-ethyl adjacent to an activating group) is 1. The second-order valence-electron chi connectivity index (χ2n) is 4.23. The molecule has 0 saturated heterocycles. The summed E-state index contributed by atoms with van der Waals surface area (Å²) in [5.41, 5.74) is -2.11. The molecule has 0 radical (unpaired) electrons. The molecule has 0 aromatic carbocycles. The minimum Gasteiger partial charge on any atom is -0.359 e. The third-order valence-electron chi connectivity index (χ3n) is 2.47. The zero-order chi connectivity index (χ0) is 13.9. The number of ether oxygens (including phenoxy) is 1. The SMILES string of the molecule is C=C(C)C(F)(F)C(C)(C)OCC(=O)N(C)OC. The number of nitrogens with zero attached hydrogens (tertiary/aromatic N) is 1. The first-order valence-electron chi connectivity index (χ1n) is 5.04. The monoisotopic (exact) mass is 251 g/mol. The number of hydrogen-bond acceptors (Lipinski definition) is 3. The van der Waals surface area contributed by atoms with Gasteiger partial charge in [0.25, 0.3) is 11.8 Å². The summed E-state index contributed by atoms with van der Waals surface area (Å²) in [5, 5.41) is 0.912. The van der Waals surface area contributed by atoms with Gasteiger partial charge in [-0.05, 0) is 26.3 Å². The van der Waals surface area contributed by atoms with E-state index in [2.05, 4.69) is 11.4 Å². The second-order valence-corrected chi connectivity index (χ2v) is 4.23. The molecule has 0 atom stereocenters. The molecule has 0 heterocycles. The van der Waals surface area contributed by atoms with Crippen molar-refractivity contribution in [3.63, 3.8) is 0 Å². The molecule has 17 heavy (non-hydrogen) atoms. The van der Waals surface area contributed by atoms with Crippen LogP contribution in [0.5, 0.6) is 0 Å². The zero-order valence-corrected chi connectivity index (χ0v) is 10.8. The highest BCUT2D eigenvalue weighted by atomic mass is 19.3. The lowest BCUT2D eigenvalue weighted by Crippen LogP contribution is -2.47.